The van der Waals surface area contributed by atoms with Gasteiger partial charge in [-0.2, -0.15) is 4.98 Å². The topological polar surface area (TPSA) is 68.0 Å². The van der Waals surface area contributed by atoms with Crippen molar-refractivity contribution in [1.29, 1.82) is 0 Å². The molecule has 0 aliphatic rings. The Balaban J connectivity index is 1.84. The summed E-state index contributed by atoms with van der Waals surface area (Å²) in [4.78, 5) is 16.8. The van der Waals surface area contributed by atoms with E-state index in [1.54, 1.807) is 12.1 Å². The van der Waals surface area contributed by atoms with Gasteiger partial charge in [0.15, 0.2) is 0 Å². The molecule has 1 N–H and O–H groups in total. The van der Waals surface area contributed by atoms with Gasteiger partial charge < -0.3 is 9.84 Å². The van der Waals surface area contributed by atoms with E-state index in [9.17, 15) is 4.79 Å². The van der Waals surface area contributed by atoms with Gasteiger partial charge in [0.2, 0.25) is 17.6 Å². The van der Waals surface area contributed by atoms with Gasteiger partial charge in [0.25, 0.3) is 0 Å². The van der Waals surface area contributed by atoms with Gasteiger partial charge in [-0.3, -0.25) is 4.79 Å². The minimum Gasteiger partial charge on any atom is -0.344 e. The molecule has 6 heteroatoms. The second-order valence-electron chi connectivity index (χ2n) is 6.87. The van der Waals surface area contributed by atoms with E-state index in [1.165, 1.54) is 0 Å². The zero-order valence-electron chi connectivity index (χ0n) is 15.4. The molecule has 0 radical (unpaired) electrons. The molecule has 0 saturated heterocycles. The van der Waals surface area contributed by atoms with Crippen molar-refractivity contribution in [2.24, 2.45) is 5.92 Å². The Hall–Kier alpha value is -2.66. The maximum absolute atomic E-state index is 12.3. The second-order valence-corrected chi connectivity index (χ2v) is 7.31. The molecule has 1 atom stereocenters. The summed E-state index contributed by atoms with van der Waals surface area (Å²) in [6, 6.07) is 16.8. The molecule has 0 spiro atoms. The Kier molecular flexibility index (Phi) is 6.24. The zero-order valence-corrected chi connectivity index (χ0v) is 16.1. The number of carbonyl (C=O) groups excluding carboxylic acids is 1. The highest BCUT2D eigenvalue weighted by Gasteiger charge is 2.22. The quantitative estimate of drug-likeness (QED) is 0.634. The lowest BCUT2D eigenvalue weighted by Gasteiger charge is -2.16. The van der Waals surface area contributed by atoms with E-state index < -0.39 is 0 Å². The second kappa shape index (κ2) is 8.82. The number of nitrogens with one attached hydrogen (secondary N) is 1. The van der Waals surface area contributed by atoms with Gasteiger partial charge in [-0.05, 0) is 23.6 Å². The predicted molar refractivity (Wildman–Crippen MR) is 105 cm³/mol. The molecule has 1 aromatic heterocycles. The molecule has 1 heterocycles. The molecular formula is C21H22ClN3O2. The van der Waals surface area contributed by atoms with Crippen LogP contribution in [-0.2, 0) is 11.2 Å². The van der Waals surface area contributed by atoms with Crippen molar-refractivity contribution in [2.75, 3.05) is 0 Å². The highest BCUT2D eigenvalue weighted by molar-refractivity contribution is 6.30. The molecule has 27 heavy (non-hydrogen) atoms. The number of carbonyl (C=O) groups is 1. The third-order valence-corrected chi connectivity index (χ3v) is 4.27. The molecule has 0 aliphatic carbocycles. The number of hydrogen-bond donors (Lipinski definition) is 1. The first-order valence-corrected chi connectivity index (χ1v) is 9.32. The van der Waals surface area contributed by atoms with Crippen molar-refractivity contribution in [3.63, 3.8) is 0 Å². The maximum Gasteiger partial charge on any atom is 0.249 e. The summed E-state index contributed by atoms with van der Waals surface area (Å²) in [5.74, 6) is 1.06. The average Bonchev–Trinajstić information content (AvgIpc) is 3.11. The van der Waals surface area contributed by atoms with E-state index in [0.29, 0.717) is 29.6 Å². The smallest absolute Gasteiger partial charge is 0.249 e. The lowest BCUT2D eigenvalue weighted by molar-refractivity contribution is -0.122. The van der Waals surface area contributed by atoms with Crippen molar-refractivity contribution in [2.45, 2.75) is 32.7 Å². The fraction of sp³-hybridized carbons (Fsp3) is 0.286. The molecule has 3 aromatic rings. The van der Waals surface area contributed by atoms with Crippen molar-refractivity contribution < 1.29 is 9.32 Å². The van der Waals surface area contributed by atoms with Crippen LogP contribution in [0.3, 0.4) is 0 Å². The predicted octanol–water partition coefficient (Wildman–Crippen LogP) is 4.84. The Morgan fingerprint density at radius 3 is 2.63 bits per heavy atom. The van der Waals surface area contributed by atoms with Crippen molar-refractivity contribution in [1.82, 2.24) is 15.5 Å². The Morgan fingerprint density at radius 2 is 1.93 bits per heavy atom. The number of amides is 1. The maximum atomic E-state index is 12.3. The number of halogens is 1. The molecule has 140 valence electrons. The van der Waals surface area contributed by atoms with Crippen LogP contribution in [0.15, 0.2) is 59.1 Å². The van der Waals surface area contributed by atoms with Gasteiger partial charge in [0, 0.05) is 23.4 Å². The average molecular weight is 384 g/mol. The van der Waals surface area contributed by atoms with Gasteiger partial charge >= 0.3 is 0 Å². The number of hydrogen-bond acceptors (Lipinski definition) is 4. The van der Waals surface area contributed by atoms with Crippen LogP contribution in [0, 0.1) is 5.92 Å². The summed E-state index contributed by atoms with van der Waals surface area (Å²) in [5.41, 5.74) is 1.85. The lowest BCUT2D eigenvalue weighted by atomic mass is 10.0. The molecule has 0 saturated carbocycles. The number of nitrogens with zero attached hydrogens (tertiary/aromatic N) is 2. The lowest BCUT2D eigenvalue weighted by Crippen LogP contribution is -2.31. The highest BCUT2D eigenvalue weighted by atomic mass is 35.5. The normalized spacial score (nSPS) is 12.1. The van der Waals surface area contributed by atoms with E-state index in [4.69, 9.17) is 16.1 Å². The van der Waals surface area contributed by atoms with E-state index in [2.05, 4.69) is 15.5 Å². The van der Waals surface area contributed by atoms with Gasteiger partial charge in [-0.15, -0.1) is 0 Å². The summed E-state index contributed by atoms with van der Waals surface area (Å²) in [6.07, 6.45) is 1.02. The molecular weight excluding hydrogens is 362 g/mol. The molecule has 1 amide bonds. The molecule has 0 bridgehead atoms. The monoisotopic (exact) mass is 383 g/mol. The van der Waals surface area contributed by atoms with E-state index in [-0.39, 0.29) is 17.9 Å². The number of aromatic nitrogens is 2. The Labute approximate surface area is 163 Å². The summed E-state index contributed by atoms with van der Waals surface area (Å²) >= 11 is 6.05. The number of rotatable bonds is 7. The molecule has 0 aliphatic heterocycles. The summed E-state index contributed by atoms with van der Waals surface area (Å²) in [5, 5.41) is 7.69. The SMILES string of the molecule is CC(C)CC(=O)NC(Cc1ccccc1)c1nc(-c2cccc(Cl)c2)no1. The van der Waals surface area contributed by atoms with Crippen molar-refractivity contribution >= 4 is 17.5 Å². The molecule has 3 rings (SSSR count). The fourth-order valence-corrected chi connectivity index (χ4v) is 2.99. The molecule has 1 unspecified atom stereocenters. The molecule has 0 fully saturated rings. The fourth-order valence-electron chi connectivity index (χ4n) is 2.80. The van der Waals surface area contributed by atoms with Crippen LogP contribution in [0.1, 0.15) is 37.8 Å². The third kappa shape index (κ3) is 5.41. The Morgan fingerprint density at radius 1 is 1.15 bits per heavy atom. The summed E-state index contributed by atoms with van der Waals surface area (Å²) in [6.45, 7) is 4.02. The summed E-state index contributed by atoms with van der Waals surface area (Å²) < 4.78 is 5.48. The van der Waals surface area contributed by atoms with Gasteiger partial charge in [0.05, 0.1) is 0 Å². The van der Waals surface area contributed by atoms with Gasteiger partial charge in [-0.25, -0.2) is 0 Å². The van der Waals surface area contributed by atoms with Crippen LogP contribution in [0.25, 0.3) is 11.4 Å². The molecule has 2 aromatic carbocycles. The van der Waals surface area contributed by atoms with Crippen LogP contribution in [0.4, 0.5) is 0 Å². The first-order valence-electron chi connectivity index (χ1n) is 8.94. The van der Waals surface area contributed by atoms with Crippen LogP contribution in [0.5, 0.6) is 0 Å². The minimum atomic E-state index is -0.390. The van der Waals surface area contributed by atoms with Gasteiger partial charge in [-0.1, -0.05) is 73.1 Å². The summed E-state index contributed by atoms with van der Waals surface area (Å²) in [7, 11) is 0. The minimum absolute atomic E-state index is 0.0339. The van der Waals surface area contributed by atoms with Crippen molar-refractivity contribution in [3.05, 3.63) is 71.1 Å². The highest BCUT2D eigenvalue weighted by Crippen LogP contribution is 2.23. The van der Waals surface area contributed by atoms with Crippen LogP contribution >= 0.6 is 11.6 Å². The first-order chi connectivity index (χ1) is 13.0. The largest absolute Gasteiger partial charge is 0.344 e. The number of benzene rings is 2. The molecule has 5 nitrogen and oxygen atoms in total. The standard InChI is InChI=1S/C21H22ClN3O2/c1-14(2)11-19(26)23-18(12-15-7-4-3-5-8-15)21-24-20(25-27-21)16-9-6-10-17(22)13-16/h3-10,13-14,18H,11-12H2,1-2H3,(H,23,26). The van der Waals surface area contributed by atoms with E-state index in [1.807, 2.05) is 56.3 Å². The Bertz CT molecular complexity index is 893. The zero-order chi connectivity index (χ0) is 19.2. The third-order valence-electron chi connectivity index (χ3n) is 4.03. The first kappa shape index (κ1) is 19.1. The van der Waals surface area contributed by atoms with Gasteiger partial charge in [0.1, 0.15) is 6.04 Å². The van der Waals surface area contributed by atoms with Crippen LogP contribution in [0.2, 0.25) is 5.02 Å². The van der Waals surface area contributed by atoms with Crippen LogP contribution in [-0.4, -0.2) is 16.0 Å². The van der Waals surface area contributed by atoms with Crippen LogP contribution < -0.4 is 5.32 Å². The van der Waals surface area contributed by atoms with E-state index in [0.717, 1.165) is 11.1 Å². The van der Waals surface area contributed by atoms with E-state index >= 15 is 0 Å². The van der Waals surface area contributed by atoms with Crippen molar-refractivity contribution in [3.8, 4) is 11.4 Å².